The Balaban J connectivity index is 2.68. The number of nitrogens with one attached hydrogen (secondary N) is 1. The van der Waals surface area contributed by atoms with Crippen molar-refractivity contribution in [3.8, 4) is 11.3 Å². The van der Waals surface area contributed by atoms with E-state index in [4.69, 9.17) is 34.8 Å². The lowest BCUT2D eigenvalue weighted by atomic mass is 10.1. The van der Waals surface area contributed by atoms with Gasteiger partial charge in [0.15, 0.2) is 0 Å². The van der Waals surface area contributed by atoms with Crippen LogP contribution in [0.4, 0.5) is 5.69 Å². The zero-order valence-electron chi connectivity index (χ0n) is 13.3. The van der Waals surface area contributed by atoms with E-state index < -0.39 is 10.2 Å². The number of halogens is 3. The number of aryl methyl sites for hydroxylation is 1. The van der Waals surface area contributed by atoms with E-state index in [0.717, 1.165) is 9.33 Å². The smallest absolute Gasteiger partial charge is 0.260 e. The third-order valence-electron chi connectivity index (χ3n) is 3.38. The predicted molar refractivity (Wildman–Crippen MR) is 102 cm³/mol. The third kappa shape index (κ3) is 3.49. The minimum absolute atomic E-state index is 0.196. The van der Waals surface area contributed by atoms with E-state index in [2.05, 4.69) is 9.82 Å². The zero-order chi connectivity index (χ0) is 18.2. The molecule has 1 N–H and O–H groups in total. The standard InChI is InChI=1S/C13H15Cl3N4O2S2/c1-17-24(21,22)20(3)10-5-7(8(14)6-9(10)15)12-11(16)13(23-4)19(2)18-12/h5-6,17H,1-4H3. The van der Waals surface area contributed by atoms with Gasteiger partial charge in [-0.05, 0) is 18.4 Å². The Bertz CT molecular complexity index is 884. The monoisotopic (exact) mass is 428 g/mol. The third-order valence-corrected chi connectivity index (χ3v) is 6.76. The lowest BCUT2D eigenvalue weighted by molar-refractivity contribution is 0.586. The van der Waals surface area contributed by atoms with Gasteiger partial charge in [0.1, 0.15) is 15.7 Å². The summed E-state index contributed by atoms with van der Waals surface area (Å²) in [7, 11) is 0.761. The van der Waals surface area contributed by atoms with Gasteiger partial charge in [-0.2, -0.15) is 13.5 Å². The quantitative estimate of drug-likeness (QED) is 0.736. The molecule has 2 aromatic rings. The number of rotatable bonds is 5. The summed E-state index contributed by atoms with van der Waals surface area (Å²) in [4.78, 5) is 0. The highest BCUT2D eigenvalue weighted by Gasteiger charge is 2.23. The summed E-state index contributed by atoms with van der Waals surface area (Å²) in [6.45, 7) is 0. The lowest BCUT2D eigenvalue weighted by Crippen LogP contribution is -2.36. The number of hydrogen-bond donors (Lipinski definition) is 1. The van der Waals surface area contributed by atoms with E-state index in [0.29, 0.717) is 21.3 Å². The highest BCUT2D eigenvalue weighted by molar-refractivity contribution is 7.98. The van der Waals surface area contributed by atoms with E-state index in [-0.39, 0.29) is 10.7 Å². The summed E-state index contributed by atoms with van der Waals surface area (Å²) in [6, 6.07) is 3.02. The van der Waals surface area contributed by atoms with E-state index in [1.165, 1.54) is 31.9 Å². The molecule has 0 aliphatic heterocycles. The van der Waals surface area contributed by atoms with Gasteiger partial charge in [0, 0.05) is 26.7 Å². The molecule has 0 atom stereocenters. The Morgan fingerprint density at radius 2 is 1.88 bits per heavy atom. The molecule has 0 radical (unpaired) electrons. The predicted octanol–water partition coefficient (Wildman–Crippen LogP) is 3.67. The first kappa shape index (κ1) is 19.7. The molecule has 0 fully saturated rings. The first-order chi connectivity index (χ1) is 11.1. The van der Waals surface area contributed by atoms with Crippen molar-refractivity contribution >= 4 is 62.5 Å². The van der Waals surface area contributed by atoms with Crippen molar-refractivity contribution in [3.63, 3.8) is 0 Å². The van der Waals surface area contributed by atoms with Crippen LogP contribution in [0.5, 0.6) is 0 Å². The first-order valence-electron chi connectivity index (χ1n) is 6.57. The van der Waals surface area contributed by atoms with Crippen molar-refractivity contribution in [2.24, 2.45) is 7.05 Å². The van der Waals surface area contributed by atoms with Crippen LogP contribution >= 0.6 is 46.6 Å². The fourth-order valence-corrected chi connectivity index (χ4v) is 4.51. The highest BCUT2D eigenvalue weighted by atomic mass is 35.5. The van der Waals surface area contributed by atoms with Crippen LogP contribution in [0.25, 0.3) is 11.3 Å². The van der Waals surface area contributed by atoms with Crippen molar-refractivity contribution in [2.75, 3.05) is 24.7 Å². The van der Waals surface area contributed by atoms with Crippen molar-refractivity contribution in [1.29, 1.82) is 0 Å². The summed E-state index contributed by atoms with van der Waals surface area (Å²) in [5.74, 6) is 0. The molecule has 11 heteroatoms. The summed E-state index contributed by atoms with van der Waals surface area (Å²) in [6.07, 6.45) is 1.88. The van der Waals surface area contributed by atoms with Crippen LogP contribution < -0.4 is 9.03 Å². The molecule has 132 valence electrons. The van der Waals surface area contributed by atoms with E-state index in [1.54, 1.807) is 17.8 Å². The van der Waals surface area contributed by atoms with Crippen LogP contribution in [-0.2, 0) is 17.3 Å². The molecule has 0 saturated carbocycles. The molecule has 24 heavy (non-hydrogen) atoms. The molecule has 0 unspecified atom stereocenters. The highest BCUT2D eigenvalue weighted by Crippen LogP contribution is 2.41. The first-order valence-corrected chi connectivity index (χ1v) is 10.4. The molecule has 2 rings (SSSR count). The summed E-state index contributed by atoms with van der Waals surface area (Å²) < 4.78 is 29.0. The van der Waals surface area contributed by atoms with E-state index in [9.17, 15) is 8.42 Å². The van der Waals surface area contributed by atoms with Gasteiger partial charge in [0.05, 0.1) is 15.7 Å². The number of thioether (sulfide) groups is 1. The van der Waals surface area contributed by atoms with Crippen molar-refractivity contribution in [3.05, 3.63) is 27.2 Å². The van der Waals surface area contributed by atoms with Gasteiger partial charge in [0.25, 0.3) is 0 Å². The Morgan fingerprint density at radius 1 is 1.25 bits per heavy atom. The van der Waals surface area contributed by atoms with Gasteiger partial charge in [-0.1, -0.05) is 34.8 Å². The van der Waals surface area contributed by atoms with Gasteiger partial charge in [-0.25, -0.2) is 4.72 Å². The summed E-state index contributed by atoms with van der Waals surface area (Å²) in [5.41, 5.74) is 1.22. The van der Waals surface area contributed by atoms with Crippen LogP contribution in [0.2, 0.25) is 15.1 Å². The van der Waals surface area contributed by atoms with Gasteiger partial charge in [-0.3, -0.25) is 8.99 Å². The molecule has 0 saturated heterocycles. The zero-order valence-corrected chi connectivity index (χ0v) is 17.2. The molecular formula is C13H15Cl3N4O2S2. The van der Waals surface area contributed by atoms with Crippen LogP contribution in [0, 0.1) is 0 Å². The molecule has 0 bridgehead atoms. The molecule has 6 nitrogen and oxygen atoms in total. The van der Waals surface area contributed by atoms with Crippen LogP contribution in [0.15, 0.2) is 17.2 Å². The Labute approximate surface area is 160 Å². The largest absolute Gasteiger partial charge is 0.301 e. The maximum atomic E-state index is 12.0. The van der Waals surface area contributed by atoms with Gasteiger partial charge in [-0.15, -0.1) is 11.8 Å². The number of hydrogen-bond acceptors (Lipinski definition) is 4. The second-order valence-corrected chi connectivity index (χ2v) is 8.65. The van der Waals surface area contributed by atoms with Gasteiger partial charge >= 0.3 is 10.2 Å². The molecule has 1 aromatic carbocycles. The average molecular weight is 430 g/mol. The van der Waals surface area contributed by atoms with Crippen molar-refractivity contribution in [2.45, 2.75) is 5.03 Å². The van der Waals surface area contributed by atoms with Crippen LogP contribution in [-0.4, -0.2) is 38.5 Å². The normalized spacial score (nSPS) is 11.8. The SMILES string of the molecule is CNS(=O)(=O)N(C)c1cc(-c2nn(C)c(SC)c2Cl)c(Cl)cc1Cl. The molecule has 0 aliphatic carbocycles. The van der Waals surface area contributed by atoms with E-state index in [1.807, 2.05) is 6.26 Å². The van der Waals surface area contributed by atoms with Gasteiger partial charge < -0.3 is 0 Å². The molecule has 0 spiro atoms. The number of anilines is 1. The lowest BCUT2D eigenvalue weighted by Gasteiger charge is -2.20. The Morgan fingerprint density at radius 3 is 2.38 bits per heavy atom. The van der Waals surface area contributed by atoms with E-state index >= 15 is 0 Å². The Kier molecular flexibility index (Phi) is 5.99. The number of aromatic nitrogens is 2. The molecular weight excluding hydrogens is 415 g/mol. The van der Waals surface area contributed by atoms with Gasteiger partial charge in [0.2, 0.25) is 0 Å². The van der Waals surface area contributed by atoms with Crippen LogP contribution in [0.1, 0.15) is 0 Å². The van der Waals surface area contributed by atoms with Crippen LogP contribution in [0.3, 0.4) is 0 Å². The maximum absolute atomic E-state index is 12.0. The number of benzene rings is 1. The maximum Gasteiger partial charge on any atom is 0.301 e. The van der Waals surface area contributed by atoms with Crippen molar-refractivity contribution < 1.29 is 8.42 Å². The molecule has 0 aliphatic rings. The Hall–Kier alpha value is -0.640. The minimum Gasteiger partial charge on any atom is -0.260 e. The average Bonchev–Trinajstić information content (AvgIpc) is 2.81. The summed E-state index contributed by atoms with van der Waals surface area (Å²) in [5, 5.41) is 6.12. The fraction of sp³-hybridized carbons (Fsp3) is 0.308. The minimum atomic E-state index is -3.71. The van der Waals surface area contributed by atoms with Crippen molar-refractivity contribution in [1.82, 2.24) is 14.5 Å². The second kappa shape index (κ2) is 7.31. The molecule has 1 aromatic heterocycles. The topological polar surface area (TPSA) is 67.2 Å². The second-order valence-electron chi connectivity index (χ2n) is 4.76. The fourth-order valence-electron chi connectivity index (χ4n) is 2.10. The number of nitrogens with zero attached hydrogens (tertiary/aromatic N) is 3. The summed E-state index contributed by atoms with van der Waals surface area (Å²) >= 11 is 20.3. The molecule has 1 heterocycles. The molecule has 0 amide bonds.